The third-order valence-electron chi connectivity index (χ3n) is 5.61. The van der Waals surface area contributed by atoms with E-state index in [2.05, 4.69) is 6.92 Å². The maximum absolute atomic E-state index is 13.2. The molecule has 0 spiro atoms. The largest absolute Gasteiger partial charge is 0.392 e. The van der Waals surface area contributed by atoms with Crippen molar-refractivity contribution in [3.05, 3.63) is 0 Å². The zero-order chi connectivity index (χ0) is 15.5. The molecule has 4 heteroatoms. The van der Waals surface area contributed by atoms with Crippen LogP contribution >= 0.6 is 12.2 Å². The van der Waals surface area contributed by atoms with Gasteiger partial charge in [-0.2, -0.15) is 0 Å². The summed E-state index contributed by atoms with van der Waals surface area (Å²) in [5, 5.41) is 0. The van der Waals surface area contributed by atoms with Gasteiger partial charge in [0.1, 0.15) is 0 Å². The van der Waals surface area contributed by atoms with Gasteiger partial charge in [0, 0.05) is 13.1 Å². The van der Waals surface area contributed by atoms with Crippen molar-refractivity contribution < 1.29 is 4.79 Å². The molecule has 0 saturated heterocycles. The lowest BCUT2D eigenvalue weighted by atomic mass is 9.77. The van der Waals surface area contributed by atoms with Crippen molar-refractivity contribution in [1.29, 1.82) is 0 Å². The number of hydrogen-bond donors (Lipinski definition) is 1. The van der Waals surface area contributed by atoms with Crippen molar-refractivity contribution in [2.75, 3.05) is 7.05 Å². The van der Waals surface area contributed by atoms with Crippen LogP contribution in [0.2, 0.25) is 0 Å². The molecule has 0 bridgehead atoms. The number of carbonyl (C=O) groups excluding carboxylic acids is 1. The predicted molar refractivity (Wildman–Crippen MR) is 91.1 cm³/mol. The van der Waals surface area contributed by atoms with E-state index in [4.69, 9.17) is 18.0 Å². The van der Waals surface area contributed by atoms with Crippen molar-refractivity contribution in [3.8, 4) is 0 Å². The highest BCUT2D eigenvalue weighted by Gasteiger charge is 2.44. The highest BCUT2D eigenvalue weighted by Crippen LogP contribution is 2.39. The van der Waals surface area contributed by atoms with Crippen LogP contribution in [0.1, 0.15) is 71.1 Å². The lowest BCUT2D eigenvalue weighted by Crippen LogP contribution is -2.52. The van der Waals surface area contributed by atoms with Gasteiger partial charge in [-0.05, 0) is 31.6 Å². The molecule has 2 fully saturated rings. The summed E-state index contributed by atoms with van der Waals surface area (Å²) in [7, 11) is 1.97. The normalized spacial score (nSPS) is 29.4. The molecule has 0 heterocycles. The van der Waals surface area contributed by atoms with Gasteiger partial charge in [0.15, 0.2) is 0 Å². The standard InChI is InChI=1S/C17H30N2OS/c1-13-8-7-9-14(12-13)19(2)16(20)17(15(18)21)10-5-3-4-6-11-17/h13-14H,3-12H2,1-2H3,(H2,18,21). The van der Waals surface area contributed by atoms with Crippen molar-refractivity contribution in [3.63, 3.8) is 0 Å². The molecule has 2 N–H and O–H groups in total. The summed E-state index contributed by atoms with van der Waals surface area (Å²) in [5.41, 5.74) is 5.48. The number of thiocarbonyl (C=S) groups is 1. The summed E-state index contributed by atoms with van der Waals surface area (Å²) in [6.07, 6.45) is 11.0. The van der Waals surface area contributed by atoms with E-state index in [1.807, 2.05) is 11.9 Å². The van der Waals surface area contributed by atoms with E-state index in [1.54, 1.807) is 0 Å². The van der Waals surface area contributed by atoms with Gasteiger partial charge in [-0.15, -0.1) is 0 Å². The molecule has 2 saturated carbocycles. The van der Waals surface area contributed by atoms with Crippen LogP contribution in [0.3, 0.4) is 0 Å². The Hall–Kier alpha value is -0.640. The van der Waals surface area contributed by atoms with Crippen LogP contribution in [0.15, 0.2) is 0 Å². The molecular weight excluding hydrogens is 280 g/mol. The number of carbonyl (C=O) groups is 1. The molecular formula is C17H30N2OS. The maximum Gasteiger partial charge on any atom is 0.235 e. The first-order valence-corrected chi connectivity index (χ1v) is 8.95. The Balaban J connectivity index is 2.15. The van der Waals surface area contributed by atoms with Crippen LogP contribution in [0.25, 0.3) is 0 Å². The first-order chi connectivity index (χ1) is 9.97. The lowest BCUT2D eigenvalue weighted by molar-refractivity contribution is -0.140. The molecule has 2 unspecified atom stereocenters. The second-order valence-electron chi connectivity index (χ2n) is 7.20. The molecule has 2 aliphatic carbocycles. The van der Waals surface area contributed by atoms with Crippen molar-refractivity contribution >= 4 is 23.1 Å². The monoisotopic (exact) mass is 310 g/mol. The van der Waals surface area contributed by atoms with Crippen molar-refractivity contribution in [2.45, 2.75) is 77.2 Å². The number of hydrogen-bond acceptors (Lipinski definition) is 2. The molecule has 0 aromatic heterocycles. The van der Waals surface area contributed by atoms with Gasteiger partial charge in [0.25, 0.3) is 0 Å². The Morgan fingerprint density at radius 2 is 1.76 bits per heavy atom. The van der Waals surface area contributed by atoms with E-state index in [1.165, 1.54) is 25.7 Å². The molecule has 3 nitrogen and oxygen atoms in total. The third-order valence-corrected chi connectivity index (χ3v) is 6.01. The van der Waals surface area contributed by atoms with Crippen LogP contribution < -0.4 is 5.73 Å². The van der Waals surface area contributed by atoms with E-state index in [-0.39, 0.29) is 5.91 Å². The van der Waals surface area contributed by atoms with Crippen LogP contribution in [0.5, 0.6) is 0 Å². The predicted octanol–water partition coefficient (Wildman–Crippen LogP) is 3.65. The van der Waals surface area contributed by atoms with E-state index in [0.29, 0.717) is 16.9 Å². The Morgan fingerprint density at radius 3 is 2.29 bits per heavy atom. The average Bonchev–Trinajstić information content (AvgIpc) is 2.72. The molecule has 120 valence electrons. The van der Waals surface area contributed by atoms with Gasteiger partial charge >= 0.3 is 0 Å². The summed E-state index contributed by atoms with van der Waals surface area (Å²) in [6.45, 7) is 2.29. The van der Waals surface area contributed by atoms with Crippen LogP contribution in [-0.2, 0) is 4.79 Å². The minimum atomic E-state index is -0.568. The lowest BCUT2D eigenvalue weighted by Gasteiger charge is -2.40. The topological polar surface area (TPSA) is 46.3 Å². The summed E-state index contributed by atoms with van der Waals surface area (Å²) in [4.78, 5) is 15.6. The summed E-state index contributed by atoms with van der Waals surface area (Å²) >= 11 is 5.34. The summed E-state index contributed by atoms with van der Waals surface area (Å²) < 4.78 is 0. The zero-order valence-corrected chi connectivity index (χ0v) is 14.4. The fraction of sp³-hybridized carbons (Fsp3) is 0.882. The summed E-state index contributed by atoms with van der Waals surface area (Å²) in [6, 6.07) is 0.371. The Bertz CT molecular complexity index is 388. The second-order valence-corrected chi connectivity index (χ2v) is 7.64. The van der Waals surface area contributed by atoms with E-state index in [0.717, 1.165) is 38.5 Å². The van der Waals surface area contributed by atoms with Crippen molar-refractivity contribution in [1.82, 2.24) is 4.90 Å². The number of rotatable bonds is 3. The highest BCUT2D eigenvalue weighted by atomic mass is 32.1. The quantitative estimate of drug-likeness (QED) is 0.639. The molecule has 21 heavy (non-hydrogen) atoms. The highest BCUT2D eigenvalue weighted by molar-refractivity contribution is 7.80. The van der Waals surface area contributed by atoms with E-state index >= 15 is 0 Å². The molecule has 0 aromatic carbocycles. The van der Waals surface area contributed by atoms with E-state index < -0.39 is 5.41 Å². The first-order valence-electron chi connectivity index (χ1n) is 8.54. The first kappa shape index (κ1) is 16.7. The van der Waals surface area contributed by atoms with Gasteiger partial charge in [0.05, 0.1) is 10.4 Å². The van der Waals surface area contributed by atoms with Gasteiger partial charge in [0.2, 0.25) is 5.91 Å². The minimum absolute atomic E-state index is 0.191. The van der Waals surface area contributed by atoms with Gasteiger partial charge in [-0.3, -0.25) is 4.79 Å². The molecule has 0 aliphatic heterocycles. The average molecular weight is 311 g/mol. The maximum atomic E-state index is 13.2. The summed E-state index contributed by atoms with van der Waals surface area (Å²) in [5.74, 6) is 0.907. The zero-order valence-electron chi connectivity index (χ0n) is 13.6. The smallest absolute Gasteiger partial charge is 0.235 e. The molecule has 1 amide bonds. The Labute approximate surface area is 134 Å². The second kappa shape index (κ2) is 7.08. The number of amides is 1. The molecule has 2 atom stereocenters. The van der Waals surface area contributed by atoms with Crippen LogP contribution in [0, 0.1) is 11.3 Å². The van der Waals surface area contributed by atoms with Crippen LogP contribution in [0.4, 0.5) is 0 Å². The molecule has 2 aliphatic rings. The van der Waals surface area contributed by atoms with Gasteiger partial charge < -0.3 is 10.6 Å². The molecule has 2 rings (SSSR count). The van der Waals surface area contributed by atoms with Gasteiger partial charge in [-0.1, -0.05) is 57.7 Å². The Morgan fingerprint density at radius 1 is 1.14 bits per heavy atom. The number of nitrogens with two attached hydrogens (primary N) is 1. The Kier molecular flexibility index (Phi) is 5.64. The van der Waals surface area contributed by atoms with Crippen LogP contribution in [-0.4, -0.2) is 28.9 Å². The molecule has 0 aromatic rings. The van der Waals surface area contributed by atoms with Crippen molar-refractivity contribution in [2.24, 2.45) is 17.1 Å². The fourth-order valence-corrected chi connectivity index (χ4v) is 4.45. The minimum Gasteiger partial charge on any atom is -0.392 e. The van der Waals surface area contributed by atoms with E-state index in [9.17, 15) is 4.79 Å². The third kappa shape index (κ3) is 3.58. The SMILES string of the molecule is CC1CCCC(N(C)C(=O)C2(C(N)=S)CCCCCC2)C1. The van der Waals surface area contributed by atoms with Gasteiger partial charge in [-0.25, -0.2) is 0 Å². The number of nitrogens with zero attached hydrogens (tertiary/aromatic N) is 1. The molecule has 0 radical (unpaired) electrons. The fourth-order valence-electron chi connectivity index (χ4n) is 4.16.